The van der Waals surface area contributed by atoms with Crippen molar-refractivity contribution in [2.24, 2.45) is 16.7 Å². The van der Waals surface area contributed by atoms with E-state index in [2.05, 4.69) is 5.32 Å². The Kier molecular flexibility index (Phi) is 13.2. The van der Waals surface area contributed by atoms with Crippen molar-refractivity contribution in [2.45, 2.75) is 108 Å². The molecule has 16 heteroatoms. The maximum absolute atomic E-state index is 15.9. The molecule has 3 N–H and O–H groups in total. The standard InChI is InChI=1S/C49H55NO15/c1-27-33(63-45(57)38(53)37(30-17-11-8-12-18-30)50-43(55)31-19-13-9-14-20-31)24-49(58)42(64-44(56)32-21-15-10-16-22-32)40-47(6,41(54)39(62-28(2)51)36(27)46(49,4)5)34(61-26-59-7)23-35-48(40,25-60-35)65-29(3)52/h8-22,33-35,37-40,42,53,58H,23-26H2,1-7H3,(H,50,55)/t33-,34-,35+,37-,38+,39+,40?,42-,47+,48-,49+/m0/s1. The number of carbonyl (C=O) groups excluding carboxylic acids is 6. The minimum Gasteiger partial charge on any atom is -0.456 e. The van der Waals surface area contributed by atoms with E-state index in [4.69, 9.17) is 33.2 Å². The van der Waals surface area contributed by atoms with E-state index >= 15 is 4.79 Å². The number of methoxy groups -OCH3 is 1. The molecule has 4 aliphatic rings. The number of fused-ring (bicyclic) bond motifs is 5. The lowest BCUT2D eigenvalue weighted by molar-refractivity contribution is -0.351. The molecular weight excluding hydrogens is 843 g/mol. The number of aliphatic hydroxyl groups is 2. The van der Waals surface area contributed by atoms with Crippen LogP contribution in [0.15, 0.2) is 102 Å². The van der Waals surface area contributed by atoms with Gasteiger partial charge in [0.2, 0.25) is 0 Å². The summed E-state index contributed by atoms with van der Waals surface area (Å²) in [4.78, 5) is 84.6. The van der Waals surface area contributed by atoms with Crippen molar-refractivity contribution in [1.29, 1.82) is 0 Å². The highest BCUT2D eigenvalue weighted by molar-refractivity contribution is 5.96. The zero-order chi connectivity index (χ0) is 47.1. The third-order valence-electron chi connectivity index (χ3n) is 13.8. The van der Waals surface area contributed by atoms with E-state index in [1.54, 1.807) is 99.6 Å². The van der Waals surface area contributed by atoms with E-state index in [1.165, 1.54) is 33.1 Å². The average Bonchev–Trinajstić information content (AvgIpc) is 3.27. The van der Waals surface area contributed by atoms with Crippen LogP contribution in [0.3, 0.4) is 0 Å². The van der Waals surface area contributed by atoms with Crippen LogP contribution < -0.4 is 5.32 Å². The Morgan fingerprint density at radius 3 is 2.00 bits per heavy atom. The Labute approximate surface area is 376 Å². The second kappa shape index (κ2) is 18.2. The molecule has 0 aromatic heterocycles. The molecule has 11 atom stereocenters. The molecule has 3 aliphatic carbocycles. The molecule has 2 saturated carbocycles. The van der Waals surface area contributed by atoms with Crippen LogP contribution in [0.1, 0.15) is 86.7 Å². The maximum atomic E-state index is 15.9. The van der Waals surface area contributed by atoms with Gasteiger partial charge in [0.15, 0.2) is 23.6 Å². The average molecular weight is 898 g/mol. The molecule has 1 saturated heterocycles. The number of aliphatic hydroxyl groups excluding tert-OH is 1. The molecule has 16 nitrogen and oxygen atoms in total. The summed E-state index contributed by atoms with van der Waals surface area (Å²) in [5, 5.41) is 28.5. The molecule has 2 bridgehead atoms. The van der Waals surface area contributed by atoms with Gasteiger partial charge in [0.05, 0.1) is 35.6 Å². The second-order valence-electron chi connectivity index (χ2n) is 17.9. The van der Waals surface area contributed by atoms with E-state index < -0.39 is 113 Å². The number of amides is 1. The summed E-state index contributed by atoms with van der Waals surface area (Å²) in [6.45, 7) is 7.98. The van der Waals surface area contributed by atoms with E-state index in [0.717, 1.165) is 6.92 Å². The number of hydrogen-bond donors (Lipinski definition) is 3. The summed E-state index contributed by atoms with van der Waals surface area (Å²) < 4.78 is 42.4. The monoisotopic (exact) mass is 897 g/mol. The summed E-state index contributed by atoms with van der Waals surface area (Å²) in [6, 6.07) is 23.1. The fourth-order valence-corrected chi connectivity index (χ4v) is 10.6. The summed E-state index contributed by atoms with van der Waals surface area (Å²) >= 11 is 0. The van der Waals surface area contributed by atoms with Crippen molar-refractivity contribution >= 4 is 35.6 Å². The summed E-state index contributed by atoms with van der Waals surface area (Å²) in [7, 11) is 1.39. The molecule has 7 rings (SSSR count). The molecular formula is C49H55NO15. The third-order valence-corrected chi connectivity index (χ3v) is 13.8. The van der Waals surface area contributed by atoms with E-state index in [1.807, 2.05) is 0 Å². The summed E-state index contributed by atoms with van der Waals surface area (Å²) in [5.74, 6) is -6.56. The van der Waals surface area contributed by atoms with Crippen molar-refractivity contribution in [3.8, 4) is 0 Å². The Morgan fingerprint density at radius 2 is 1.45 bits per heavy atom. The minimum absolute atomic E-state index is 0.0249. The predicted molar refractivity (Wildman–Crippen MR) is 228 cm³/mol. The van der Waals surface area contributed by atoms with Gasteiger partial charge in [-0.1, -0.05) is 80.6 Å². The summed E-state index contributed by atoms with van der Waals surface area (Å²) in [5.41, 5.74) is -6.70. The number of hydrogen-bond acceptors (Lipinski definition) is 15. The first-order valence-electron chi connectivity index (χ1n) is 21.4. The Bertz CT molecular complexity index is 2340. The third kappa shape index (κ3) is 8.26. The number of benzene rings is 3. The van der Waals surface area contributed by atoms with Crippen LogP contribution in [0.4, 0.5) is 0 Å². The Morgan fingerprint density at radius 1 is 0.846 bits per heavy atom. The van der Waals surface area contributed by atoms with Crippen LogP contribution in [0.25, 0.3) is 0 Å². The van der Waals surface area contributed by atoms with Crippen molar-refractivity contribution < 1.29 is 72.1 Å². The van der Waals surface area contributed by atoms with Gasteiger partial charge in [0.25, 0.3) is 5.91 Å². The number of carbonyl (C=O) groups is 6. The number of esters is 4. The number of rotatable bonds is 13. The number of ketones is 1. The minimum atomic E-state index is -2.37. The zero-order valence-electron chi connectivity index (χ0n) is 37.3. The van der Waals surface area contributed by atoms with Crippen LogP contribution in [0.5, 0.6) is 0 Å². The van der Waals surface area contributed by atoms with Gasteiger partial charge in [-0.25, -0.2) is 9.59 Å². The molecule has 0 radical (unpaired) electrons. The molecule has 1 heterocycles. The first kappa shape index (κ1) is 47.2. The van der Waals surface area contributed by atoms with Gasteiger partial charge in [-0.2, -0.15) is 0 Å². The molecule has 346 valence electrons. The molecule has 65 heavy (non-hydrogen) atoms. The molecule has 1 amide bonds. The van der Waals surface area contributed by atoms with Gasteiger partial charge in [-0.3, -0.25) is 19.2 Å². The number of nitrogens with one attached hydrogen (secondary N) is 1. The van der Waals surface area contributed by atoms with Crippen LogP contribution in [-0.4, -0.2) is 114 Å². The topological polar surface area (TPSA) is 220 Å². The van der Waals surface area contributed by atoms with E-state index in [0.29, 0.717) is 5.56 Å². The predicted octanol–water partition coefficient (Wildman–Crippen LogP) is 4.36. The van der Waals surface area contributed by atoms with Crippen molar-refractivity contribution in [1.82, 2.24) is 5.32 Å². The SMILES string of the molecule is COCO[C@H]1C[C@H]2OC[C@@]2(OC(C)=O)C2[C@H](OC(=O)c3ccccc3)[C@]3(O)C[C@H](OC(=O)[C@H](O)[C@@H](NC(=O)c4ccccc4)c4ccccc4)C(C)=C([C@@H](OC(C)=O)C(=O)[C@@]21C)C3(C)C. The fourth-order valence-electron chi connectivity index (χ4n) is 10.6. The highest BCUT2D eigenvalue weighted by Crippen LogP contribution is 2.65. The lowest BCUT2D eigenvalue weighted by Gasteiger charge is -2.67. The van der Waals surface area contributed by atoms with Crippen molar-refractivity contribution in [3.63, 3.8) is 0 Å². The second-order valence-corrected chi connectivity index (χ2v) is 17.9. The van der Waals surface area contributed by atoms with E-state index in [-0.39, 0.29) is 42.1 Å². The van der Waals surface area contributed by atoms with Gasteiger partial charge in [0, 0.05) is 44.8 Å². The van der Waals surface area contributed by atoms with Crippen molar-refractivity contribution in [3.05, 3.63) is 119 Å². The lowest BCUT2D eigenvalue weighted by atomic mass is 9.44. The fraction of sp³-hybridized carbons (Fsp3) is 0.469. The first-order chi connectivity index (χ1) is 30.8. The number of ether oxygens (including phenoxy) is 7. The van der Waals surface area contributed by atoms with Crippen molar-refractivity contribution in [2.75, 3.05) is 20.5 Å². The van der Waals surface area contributed by atoms with Crippen LogP contribution >= 0.6 is 0 Å². The van der Waals surface area contributed by atoms with Crippen LogP contribution in [0.2, 0.25) is 0 Å². The largest absolute Gasteiger partial charge is 0.456 e. The molecule has 3 aromatic rings. The zero-order valence-corrected chi connectivity index (χ0v) is 37.3. The normalized spacial score (nSPS) is 30.9. The van der Waals surface area contributed by atoms with Gasteiger partial charge >= 0.3 is 23.9 Å². The molecule has 3 aromatic carbocycles. The van der Waals surface area contributed by atoms with Gasteiger partial charge < -0.3 is 48.7 Å². The molecule has 0 spiro atoms. The molecule has 1 unspecified atom stereocenters. The van der Waals surface area contributed by atoms with Gasteiger partial charge in [-0.05, 0) is 54.8 Å². The number of Topliss-reactive ketones (excluding diaryl/α,β-unsaturated/α-hetero) is 1. The van der Waals surface area contributed by atoms with Crippen LogP contribution in [-0.2, 0) is 52.3 Å². The quantitative estimate of drug-likeness (QED) is 0.0940. The Balaban J connectivity index is 1.41. The van der Waals surface area contributed by atoms with Gasteiger partial charge in [0.1, 0.15) is 30.7 Å². The lowest BCUT2D eigenvalue weighted by Crippen LogP contribution is -2.82. The summed E-state index contributed by atoms with van der Waals surface area (Å²) in [6.07, 6.45) is -9.69. The maximum Gasteiger partial charge on any atom is 0.338 e. The highest BCUT2D eigenvalue weighted by atomic mass is 16.7. The molecule has 1 aliphatic heterocycles. The highest BCUT2D eigenvalue weighted by Gasteiger charge is 2.78. The first-order valence-corrected chi connectivity index (χ1v) is 21.4. The van der Waals surface area contributed by atoms with Crippen LogP contribution in [0, 0.1) is 16.7 Å². The molecule has 3 fully saturated rings. The smallest absolute Gasteiger partial charge is 0.338 e. The Hall–Kier alpha value is -5.78. The van der Waals surface area contributed by atoms with E-state index in [9.17, 15) is 34.2 Å². The van der Waals surface area contributed by atoms with Gasteiger partial charge in [-0.15, -0.1) is 0 Å².